The van der Waals surface area contributed by atoms with Crippen LogP contribution >= 0.6 is 0 Å². The number of benzene rings is 1. The number of aromatic nitrogens is 2. The highest BCUT2D eigenvalue weighted by Gasteiger charge is 2.25. The summed E-state index contributed by atoms with van der Waals surface area (Å²) >= 11 is 0. The van der Waals surface area contributed by atoms with Crippen LogP contribution in [0.2, 0.25) is 0 Å². The smallest absolute Gasteiger partial charge is 0.317 e. The van der Waals surface area contributed by atoms with E-state index < -0.39 is 0 Å². The van der Waals surface area contributed by atoms with Gasteiger partial charge < -0.3 is 14.8 Å². The van der Waals surface area contributed by atoms with Crippen LogP contribution < -0.4 is 5.32 Å². The topological polar surface area (TPSA) is 50.2 Å². The van der Waals surface area contributed by atoms with Gasteiger partial charge in [-0.3, -0.25) is 0 Å². The van der Waals surface area contributed by atoms with Gasteiger partial charge in [-0.25, -0.2) is 9.78 Å². The van der Waals surface area contributed by atoms with E-state index in [9.17, 15) is 4.79 Å². The van der Waals surface area contributed by atoms with E-state index in [1.807, 2.05) is 44.1 Å². The van der Waals surface area contributed by atoms with Crippen molar-refractivity contribution in [3.05, 3.63) is 30.6 Å². The number of rotatable bonds is 2. The SMILES string of the molecule is CC(C)(C)NC(=O)N1CCC(Cn2cnc3ccccc32)CC1. The van der Waals surface area contributed by atoms with E-state index in [-0.39, 0.29) is 11.6 Å². The Balaban J connectivity index is 1.56. The molecule has 1 saturated heterocycles. The van der Waals surface area contributed by atoms with Crippen LogP contribution in [0, 0.1) is 5.92 Å². The number of hydrogen-bond acceptors (Lipinski definition) is 2. The molecule has 1 aromatic carbocycles. The van der Waals surface area contributed by atoms with Crippen molar-refractivity contribution in [2.24, 2.45) is 5.92 Å². The number of urea groups is 1. The number of hydrogen-bond donors (Lipinski definition) is 1. The molecule has 0 aliphatic carbocycles. The molecule has 0 unspecified atom stereocenters. The molecule has 1 aliphatic rings. The highest BCUT2D eigenvalue weighted by molar-refractivity contribution is 5.75. The second kappa shape index (κ2) is 6.22. The maximum absolute atomic E-state index is 12.2. The van der Waals surface area contributed by atoms with Gasteiger partial charge in [0.15, 0.2) is 0 Å². The quantitative estimate of drug-likeness (QED) is 0.925. The molecule has 3 rings (SSSR count). The second-order valence-electron chi connectivity index (χ2n) is 7.50. The van der Waals surface area contributed by atoms with Crippen LogP contribution in [0.4, 0.5) is 4.79 Å². The van der Waals surface area contributed by atoms with E-state index in [1.165, 1.54) is 5.52 Å². The fraction of sp³-hybridized carbons (Fsp3) is 0.556. The molecule has 5 nitrogen and oxygen atoms in total. The first-order chi connectivity index (χ1) is 10.9. The van der Waals surface area contributed by atoms with Crippen molar-refractivity contribution in [2.45, 2.75) is 45.7 Å². The minimum atomic E-state index is -0.177. The maximum atomic E-state index is 12.2. The van der Waals surface area contributed by atoms with Gasteiger partial charge in [-0.2, -0.15) is 0 Å². The van der Waals surface area contributed by atoms with E-state index in [1.54, 1.807) is 0 Å². The average molecular weight is 314 g/mol. The first kappa shape index (κ1) is 15.8. The maximum Gasteiger partial charge on any atom is 0.317 e. The van der Waals surface area contributed by atoms with E-state index in [0.717, 1.165) is 38.0 Å². The predicted molar refractivity (Wildman–Crippen MR) is 92.3 cm³/mol. The highest BCUT2D eigenvalue weighted by atomic mass is 16.2. The lowest BCUT2D eigenvalue weighted by molar-refractivity contribution is 0.159. The van der Waals surface area contributed by atoms with E-state index >= 15 is 0 Å². The average Bonchev–Trinajstić information content (AvgIpc) is 2.90. The molecular weight excluding hydrogens is 288 g/mol. The Hall–Kier alpha value is -2.04. The minimum Gasteiger partial charge on any atom is -0.333 e. The van der Waals surface area contributed by atoms with Gasteiger partial charge >= 0.3 is 6.03 Å². The van der Waals surface area contributed by atoms with Gasteiger partial charge in [0.25, 0.3) is 0 Å². The standard InChI is InChI=1S/C18H26N4O/c1-18(2,3)20-17(23)21-10-8-14(9-11-21)12-22-13-19-15-6-4-5-7-16(15)22/h4-7,13-14H,8-12H2,1-3H3,(H,20,23). The summed E-state index contributed by atoms with van der Waals surface area (Å²) in [4.78, 5) is 18.6. The number of piperidine rings is 1. The number of nitrogens with one attached hydrogen (secondary N) is 1. The molecule has 1 aliphatic heterocycles. The van der Waals surface area contributed by atoms with Crippen molar-refractivity contribution in [3.63, 3.8) is 0 Å². The number of nitrogens with zero attached hydrogens (tertiary/aromatic N) is 3. The molecule has 23 heavy (non-hydrogen) atoms. The Morgan fingerprint density at radius 1 is 1.26 bits per heavy atom. The first-order valence-corrected chi connectivity index (χ1v) is 8.39. The van der Waals surface area contributed by atoms with Gasteiger partial charge in [-0.15, -0.1) is 0 Å². The van der Waals surface area contributed by atoms with Crippen LogP contribution in [0.1, 0.15) is 33.6 Å². The summed E-state index contributed by atoms with van der Waals surface area (Å²) in [7, 11) is 0. The van der Waals surface area contributed by atoms with Gasteiger partial charge in [0.2, 0.25) is 0 Å². The number of carbonyl (C=O) groups is 1. The highest BCUT2D eigenvalue weighted by Crippen LogP contribution is 2.22. The minimum absolute atomic E-state index is 0.0593. The predicted octanol–water partition coefficient (Wildman–Crippen LogP) is 3.26. The van der Waals surface area contributed by atoms with Crippen molar-refractivity contribution in [2.75, 3.05) is 13.1 Å². The zero-order valence-electron chi connectivity index (χ0n) is 14.2. The molecule has 0 spiro atoms. The summed E-state index contributed by atoms with van der Waals surface area (Å²) in [6.45, 7) is 8.69. The molecule has 0 bridgehead atoms. The number of fused-ring (bicyclic) bond motifs is 1. The van der Waals surface area contributed by atoms with Crippen LogP contribution in [0.15, 0.2) is 30.6 Å². The summed E-state index contributed by atoms with van der Waals surface area (Å²) in [5.41, 5.74) is 2.07. The lowest BCUT2D eigenvalue weighted by Crippen LogP contribution is -2.50. The molecule has 1 N–H and O–H groups in total. The van der Waals surface area contributed by atoms with Crippen molar-refractivity contribution in [3.8, 4) is 0 Å². The largest absolute Gasteiger partial charge is 0.333 e. The number of imidazole rings is 1. The first-order valence-electron chi connectivity index (χ1n) is 8.39. The summed E-state index contributed by atoms with van der Waals surface area (Å²) < 4.78 is 2.24. The van der Waals surface area contributed by atoms with Crippen LogP contribution in [-0.4, -0.2) is 39.1 Å². The van der Waals surface area contributed by atoms with Crippen LogP contribution in [0.25, 0.3) is 11.0 Å². The fourth-order valence-electron chi connectivity index (χ4n) is 3.15. The van der Waals surface area contributed by atoms with E-state index in [0.29, 0.717) is 5.92 Å². The Kier molecular flexibility index (Phi) is 4.28. The third kappa shape index (κ3) is 3.84. The Morgan fingerprint density at radius 2 is 1.96 bits per heavy atom. The molecule has 0 saturated carbocycles. The molecule has 1 aromatic heterocycles. The molecule has 2 aromatic rings. The number of likely N-dealkylation sites (tertiary alicyclic amines) is 1. The molecule has 0 atom stereocenters. The van der Waals surface area contributed by atoms with Gasteiger partial charge in [-0.1, -0.05) is 12.1 Å². The molecule has 5 heteroatoms. The molecule has 0 radical (unpaired) electrons. The Labute approximate surface area is 137 Å². The van der Waals surface area contributed by atoms with Crippen molar-refractivity contribution >= 4 is 17.1 Å². The molecule has 124 valence electrons. The fourth-order valence-corrected chi connectivity index (χ4v) is 3.15. The number of amides is 2. The zero-order valence-corrected chi connectivity index (χ0v) is 14.2. The zero-order chi connectivity index (χ0) is 16.4. The van der Waals surface area contributed by atoms with Gasteiger partial charge in [-0.05, 0) is 51.7 Å². The van der Waals surface area contributed by atoms with Gasteiger partial charge in [0, 0.05) is 25.2 Å². The van der Waals surface area contributed by atoms with Gasteiger partial charge in [0.1, 0.15) is 0 Å². The second-order valence-corrected chi connectivity index (χ2v) is 7.50. The molecule has 1 fully saturated rings. The summed E-state index contributed by atoms with van der Waals surface area (Å²) in [5, 5.41) is 3.05. The normalized spacial score (nSPS) is 16.7. The summed E-state index contributed by atoms with van der Waals surface area (Å²) in [5.74, 6) is 0.603. The lowest BCUT2D eigenvalue weighted by atomic mass is 9.96. The Bertz CT molecular complexity index is 678. The third-order valence-electron chi connectivity index (χ3n) is 4.37. The molecule has 2 heterocycles. The van der Waals surface area contributed by atoms with Crippen LogP contribution in [0.3, 0.4) is 0 Å². The monoisotopic (exact) mass is 314 g/mol. The van der Waals surface area contributed by atoms with Crippen molar-refractivity contribution in [1.82, 2.24) is 19.8 Å². The van der Waals surface area contributed by atoms with Gasteiger partial charge in [0.05, 0.1) is 17.4 Å². The number of para-hydroxylation sites is 2. The van der Waals surface area contributed by atoms with E-state index in [2.05, 4.69) is 27.0 Å². The lowest BCUT2D eigenvalue weighted by Gasteiger charge is -2.34. The van der Waals surface area contributed by atoms with Crippen LogP contribution in [-0.2, 0) is 6.54 Å². The molecule has 2 amide bonds. The van der Waals surface area contributed by atoms with Crippen LogP contribution in [0.5, 0.6) is 0 Å². The van der Waals surface area contributed by atoms with Crippen molar-refractivity contribution in [1.29, 1.82) is 0 Å². The van der Waals surface area contributed by atoms with E-state index in [4.69, 9.17) is 0 Å². The third-order valence-corrected chi connectivity index (χ3v) is 4.37. The summed E-state index contributed by atoms with van der Waals surface area (Å²) in [6, 6.07) is 8.30. The number of carbonyl (C=O) groups excluding carboxylic acids is 1. The molecular formula is C18H26N4O. The summed E-state index contributed by atoms with van der Waals surface area (Å²) in [6.07, 6.45) is 4.03. The van der Waals surface area contributed by atoms with Crippen molar-refractivity contribution < 1.29 is 4.79 Å². The Morgan fingerprint density at radius 3 is 2.65 bits per heavy atom.